The molecular formula is C10H11N5. The van der Waals surface area contributed by atoms with Gasteiger partial charge in [-0.3, -0.25) is 4.98 Å². The average Bonchev–Trinajstić information content (AvgIpc) is 2.66. The highest BCUT2D eigenvalue weighted by Crippen LogP contribution is 2.16. The first-order valence-corrected chi connectivity index (χ1v) is 4.97. The van der Waals surface area contributed by atoms with Gasteiger partial charge in [-0.25, -0.2) is 4.68 Å². The van der Waals surface area contributed by atoms with E-state index in [-0.39, 0.29) is 0 Å². The predicted octanol–water partition coefficient (Wildman–Crippen LogP) is 0.484. The van der Waals surface area contributed by atoms with Crippen LogP contribution in [0.2, 0.25) is 0 Å². The van der Waals surface area contributed by atoms with Gasteiger partial charge < -0.3 is 5.32 Å². The molecule has 0 radical (unpaired) electrons. The lowest BCUT2D eigenvalue weighted by Crippen LogP contribution is -2.43. The molecule has 1 aliphatic rings. The summed E-state index contributed by atoms with van der Waals surface area (Å²) in [5.74, 6) is 0. The van der Waals surface area contributed by atoms with Gasteiger partial charge in [0.2, 0.25) is 0 Å². The maximum Gasteiger partial charge on any atom is 0.131 e. The van der Waals surface area contributed by atoms with E-state index in [2.05, 4.69) is 20.6 Å². The van der Waals surface area contributed by atoms with Crippen molar-refractivity contribution in [2.24, 2.45) is 0 Å². The third-order valence-corrected chi connectivity index (χ3v) is 2.57. The second-order valence-electron chi connectivity index (χ2n) is 3.61. The normalized spacial score (nSPS) is 16.3. The fraction of sp³-hybridized carbons (Fsp3) is 0.300. The van der Waals surface area contributed by atoms with Crippen LogP contribution >= 0.6 is 0 Å². The molecule has 0 amide bonds. The Labute approximate surface area is 87.1 Å². The van der Waals surface area contributed by atoms with Crippen molar-refractivity contribution in [3.8, 4) is 11.4 Å². The maximum atomic E-state index is 4.23. The SMILES string of the molecule is c1ccc(-c2cn(C3CNC3)nn2)nc1. The standard InChI is InChI=1S/C10H11N5/c1-2-4-12-9(3-1)10-7-15(14-13-10)8-5-11-6-8/h1-4,7-8,11H,5-6H2. The van der Waals surface area contributed by atoms with Crippen LogP contribution in [0.15, 0.2) is 30.6 Å². The fourth-order valence-corrected chi connectivity index (χ4v) is 1.55. The third kappa shape index (κ3) is 1.50. The van der Waals surface area contributed by atoms with E-state index in [1.807, 2.05) is 29.1 Å². The molecule has 15 heavy (non-hydrogen) atoms. The van der Waals surface area contributed by atoms with E-state index in [1.54, 1.807) is 6.20 Å². The lowest BCUT2D eigenvalue weighted by atomic mass is 10.2. The molecule has 5 heteroatoms. The minimum absolute atomic E-state index is 0.454. The van der Waals surface area contributed by atoms with Crippen molar-refractivity contribution in [3.63, 3.8) is 0 Å². The summed E-state index contributed by atoms with van der Waals surface area (Å²) >= 11 is 0. The lowest BCUT2D eigenvalue weighted by molar-refractivity contribution is 0.313. The first-order valence-electron chi connectivity index (χ1n) is 4.97. The maximum absolute atomic E-state index is 4.23. The lowest BCUT2D eigenvalue weighted by Gasteiger charge is -2.26. The van der Waals surface area contributed by atoms with Gasteiger partial charge in [-0.1, -0.05) is 11.3 Å². The van der Waals surface area contributed by atoms with E-state index in [1.165, 1.54) is 0 Å². The zero-order chi connectivity index (χ0) is 10.1. The molecule has 76 valence electrons. The van der Waals surface area contributed by atoms with Crippen LogP contribution in [-0.4, -0.2) is 33.1 Å². The van der Waals surface area contributed by atoms with Crippen molar-refractivity contribution >= 4 is 0 Å². The van der Waals surface area contributed by atoms with Gasteiger partial charge in [0.25, 0.3) is 0 Å². The summed E-state index contributed by atoms with van der Waals surface area (Å²) in [6, 6.07) is 6.23. The zero-order valence-electron chi connectivity index (χ0n) is 8.17. The predicted molar refractivity (Wildman–Crippen MR) is 55.2 cm³/mol. The van der Waals surface area contributed by atoms with Crippen LogP contribution in [0.4, 0.5) is 0 Å². The van der Waals surface area contributed by atoms with Crippen LogP contribution in [0.1, 0.15) is 6.04 Å². The molecule has 0 unspecified atom stereocenters. The first-order chi connectivity index (χ1) is 7.43. The van der Waals surface area contributed by atoms with E-state index in [4.69, 9.17) is 0 Å². The topological polar surface area (TPSA) is 55.6 Å². The minimum atomic E-state index is 0.454. The Kier molecular flexibility index (Phi) is 1.96. The van der Waals surface area contributed by atoms with E-state index < -0.39 is 0 Å². The van der Waals surface area contributed by atoms with E-state index in [0.717, 1.165) is 24.5 Å². The molecule has 2 aromatic rings. The minimum Gasteiger partial charge on any atom is -0.312 e. The number of hydrogen-bond acceptors (Lipinski definition) is 4. The van der Waals surface area contributed by atoms with Crippen molar-refractivity contribution in [3.05, 3.63) is 30.6 Å². The van der Waals surface area contributed by atoms with E-state index in [9.17, 15) is 0 Å². The number of nitrogens with zero attached hydrogens (tertiary/aromatic N) is 4. The molecule has 1 saturated heterocycles. The summed E-state index contributed by atoms with van der Waals surface area (Å²) in [7, 11) is 0. The summed E-state index contributed by atoms with van der Waals surface area (Å²) in [5.41, 5.74) is 1.71. The Balaban J connectivity index is 1.90. The van der Waals surface area contributed by atoms with E-state index in [0.29, 0.717) is 6.04 Å². The number of rotatable bonds is 2. The quantitative estimate of drug-likeness (QED) is 0.768. The van der Waals surface area contributed by atoms with Gasteiger partial charge >= 0.3 is 0 Å². The molecule has 1 fully saturated rings. The second kappa shape index (κ2) is 3.43. The molecule has 0 atom stereocenters. The second-order valence-corrected chi connectivity index (χ2v) is 3.61. The molecular weight excluding hydrogens is 190 g/mol. The molecule has 0 saturated carbocycles. The Morgan fingerprint density at radius 2 is 2.20 bits per heavy atom. The summed E-state index contributed by atoms with van der Waals surface area (Å²) in [5, 5.41) is 11.4. The first kappa shape index (κ1) is 8.55. The van der Waals surface area contributed by atoms with Crippen LogP contribution in [-0.2, 0) is 0 Å². The fourth-order valence-electron chi connectivity index (χ4n) is 1.55. The number of hydrogen-bond donors (Lipinski definition) is 1. The van der Waals surface area contributed by atoms with Crippen molar-refractivity contribution < 1.29 is 0 Å². The van der Waals surface area contributed by atoms with Gasteiger partial charge in [-0.2, -0.15) is 0 Å². The highest BCUT2D eigenvalue weighted by Gasteiger charge is 2.20. The number of nitrogens with one attached hydrogen (secondary N) is 1. The van der Waals surface area contributed by atoms with Gasteiger partial charge in [0.1, 0.15) is 5.69 Å². The van der Waals surface area contributed by atoms with Crippen molar-refractivity contribution in [1.29, 1.82) is 0 Å². The van der Waals surface area contributed by atoms with Crippen LogP contribution in [0.3, 0.4) is 0 Å². The Hall–Kier alpha value is -1.75. The summed E-state index contributed by atoms with van der Waals surface area (Å²) in [6.45, 7) is 1.95. The van der Waals surface area contributed by atoms with Gasteiger partial charge in [0.05, 0.1) is 17.9 Å². The van der Waals surface area contributed by atoms with Gasteiger partial charge in [-0.05, 0) is 12.1 Å². The molecule has 0 spiro atoms. The smallest absolute Gasteiger partial charge is 0.131 e. The number of aromatic nitrogens is 4. The molecule has 1 aliphatic heterocycles. The number of pyridine rings is 1. The molecule has 2 aromatic heterocycles. The van der Waals surface area contributed by atoms with Crippen LogP contribution in [0, 0.1) is 0 Å². The molecule has 1 N–H and O–H groups in total. The molecule has 0 bridgehead atoms. The highest BCUT2D eigenvalue weighted by atomic mass is 15.5. The van der Waals surface area contributed by atoms with Crippen LogP contribution < -0.4 is 5.32 Å². The van der Waals surface area contributed by atoms with Crippen molar-refractivity contribution in [1.82, 2.24) is 25.3 Å². The molecule has 0 aromatic carbocycles. The highest BCUT2D eigenvalue weighted by molar-refractivity contribution is 5.51. The average molecular weight is 201 g/mol. The largest absolute Gasteiger partial charge is 0.312 e. The summed E-state index contributed by atoms with van der Waals surface area (Å²) in [6.07, 6.45) is 3.72. The van der Waals surface area contributed by atoms with Gasteiger partial charge in [-0.15, -0.1) is 5.10 Å². The zero-order valence-corrected chi connectivity index (χ0v) is 8.17. The molecule has 3 rings (SSSR count). The monoisotopic (exact) mass is 201 g/mol. The van der Waals surface area contributed by atoms with Crippen molar-refractivity contribution in [2.75, 3.05) is 13.1 Å². The molecule has 3 heterocycles. The van der Waals surface area contributed by atoms with Crippen molar-refractivity contribution in [2.45, 2.75) is 6.04 Å². The third-order valence-electron chi connectivity index (χ3n) is 2.57. The Bertz CT molecular complexity index is 446. The summed E-state index contributed by atoms with van der Waals surface area (Å²) < 4.78 is 1.90. The van der Waals surface area contributed by atoms with Gasteiger partial charge in [0.15, 0.2) is 0 Å². The van der Waals surface area contributed by atoms with Crippen LogP contribution in [0.5, 0.6) is 0 Å². The van der Waals surface area contributed by atoms with E-state index >= 15 is 0 Å². The Morgan fingerprint density at radius 1 is 1.27 bits per heavy atom. The Morgan fingerprint density at radius 3 is 2.87 bits per heavy atom. The van der Waals surface area contributed by atoms with Gasteiger partial charge in [0, 0.05) is 19.3 Å². The molecule has 5 nitrogen and oxygen atoms in total. The molecule has 0 aliphatic carbocycles. The van der Waals surface area contributed by atoms with Crippen LogP contribution in [0.25, 0.3) is 11.4 Å². The summed E-state index contributed by atoms with van der Waals surface area (Å²) in [4.78, 5) is 4.23.